The summed E-state index contributed by atoms with van der Waals surface area (Å²) >= 11 is 0. The van der Waals surface area contributed by atoms with Gasteiger partial charge in [0.2, 0.25) is 5.91 Å². The van der Waals surface area contributed by atoms with Crippen LogP contribution in [0.15, 0.2) is 35.5 Å². The summed E-state index contributed by atoms with van der Waals surface area (Å²) in [5.41, 5.74) is 6.38. The fourth-order valence-electron chi connectivity index (χ4n) is 1.64. The van der Waals surface area contributed by atoms with Gasteiger partial charge in [-0.3, -0.25) is 4.79 Å². The summed E-state index contributed by atoms with van der Waals surface area (Å²) in [5.74, 6) is 0.190. The molecule has 1 amide bonds. The molecule has 0 saturated carbocycles. The number of hydrogen-bond acceptors (Lipinski definition) is 3. The van der Waals surface area contributed by atoms with Crippen LogP contribution < -0.4 is 5.73 Å². The Labute approximate surface area is 107 Å². The number of benzene rings is 1. The first-order valence-electron chi connectivity index (χ1n) is 5.95. The van der Waals surface area contributed by atoms with Crippen molar-refractivity contribution in [3.8, 4) is 0 Å². The largest absolute Gasteiger partial charge is 0.409 e. The zero-order chi connectivity index (χ0) is 13.4. The number of nitrogens with two attached hydrogens (primary N) is 1. The van der Waals surface area contributed by atoms with E-state index in [0.29, 0.717) is 25.9 Å². The number of hydrogen-bond donors (Lipinski definition) is 2. The van der Waals surface area contributed by atoms with E-state index in [1.165, 1.54) is 0 Å². The minimum Gasteiger partial charge on any atom is -0.409 e. The van der Waals surface area contributed by atoms with E-state index < -0.39 is 0 Å². The SMILES string of the molecule is CCN(CCC(N)=NO)C(=O)Cc1ccccc1. The number of amides is 1. The van der Waals surface area contributed by atoms with Gasteiger partial charge < -0.3 is 15.8 Å². The Hall–Kier alpha value is -2.04. The van der Waals surface area contributed by atoms with Crippen LogP contribution in [0.2, 0.25) is 0 Å². The third kappa shape index (κ3) is 4.45. The van der Waals surface area contributed by atoms with Crippen molar-refractivity contribution in [2.75, 3.05) is 13.1 Å². The summed E-state index contributed by atoms with van der Waals surface area (Å²) in [7, 11) is 0. The topological polar surface area (TPSA) is 78.9 Å². The van der Waals surface area contributed by atoms with Crippen LogP contribution in [0.25, 0.3) is 0 Å². The van der Waals surface area contributed by atoms with Crippen LogP contribution in [0.5, 0.6) is 0 Å². The van der Waals surface area contributed by atoms with E-state index in [1.807, 2.05) is 37.3 Å². The van der Waals surface area contributed by atoms with Gasteiger partial charge in [-0.25, -0.2) is 0 Å². The number of carbonyl (C=O) groups is 1. The summed E-state index contributed by atoms with van der Waals surface area (Å²) < 4.78 is 0. The first kappa shape index (κ1) is 14.0. The number of nitrogens with zero attached hydrogens (tertiary/aromatic N) is 2. The van der Waals surface area contributed by atoms with Gasteiger partial charge in [-0.15, -0.1) is 0 Å². The molecule has 0 saturated heterocycles. The summed E-state index contributed by atoms with van der Waals surface area (Å²) in [6, 6.07) is 9.60. The minimum absolute atomic E-state index is 0.0504. The number of rotatable bonds is 6. The Kier molecular flexibility index (Phi) is 5.70. The molecule has 0 unspecified atom stereocenters. The first-order valence-corrected chi connectivity index (χ1v) is 5.95. The molecule has 5 heteroatoms. The molecular formula is C13H19N3O2. The Balaban J connectivity index is 2.52. The maximum absolute atomic E-state index is 12.0. The smallest absolute Gasteiger partial charge is 0.226 e. The zero-order valence-corrected chi connectivity index (χ0v) is 10.5. The van der Waals surface area contributed by atoms with E-state index in [1.54, 1.807) is 4.90 Å². The van der Waals surface area contributed by atoms with Crippen LogP contribution in [-0.2, 0) is 11.2 Å². The van der Waals surface area contributed by atoms with Gasteiger partial charge in [-0.05, 0) is 12.5 Å². The monoisotopic (exact) mass is 249 g/mol. The third-order valence-electron chi connectivity index (χ3n) is 2.70. The van der Waals surface area contributed by atoms with E-state index >= 15 is 0 Å². The fraction of sp³-hybridized carbons (Fsp3) is 0.385. The Bertz CT molecular complexity index is 404. The van der Waals surface area contributed by atoms with Crippen molar-refractivity contribution < 1.29 is 10.0 Å². The lowest BCUT2D eigenvalue weighted by Crippen LogP contribution is -2.35. The second kappa shape index (κ2) is 7.32. The van der Waals surface area contributed by atoms with Crippen LogP contribution in [-0.4, -0.2) is 34.9 Å². The average Bonchev–Trinajstić information content (AvgIpc) is 2.40. The molecular weight excluding hydrogens is 230 g/mol. The van der Waals surface area contributed by atoms with Crippen LogP contribution in [0.3, 0.4) is 0 Å². The van der Waals surface area contributed by atoms with Gasteiger partial charge in [0.15, 0.2) is 0 Å². The van der Waals surface area contributed by atoms with Gasteiger partial charge >= 0.3 is 0 Å². The molecule has 1 rings (SSSR count). The number of oxime groups is 1. The molecule has 1 aromatic rings. The van der Waals surface area contributed by atoms with Crippen molar-refractivity contribution >= 4 is 11.7 Å². The van der Waals surface area contributed by atoms with Gasteiger partial charge in [0, 0.05) is 19.5 Å². The highest BCUT2D eigenvalue weighted by Gasteiger charge is 2.12. The molecule has 0 aliphatic rings. The lowest BCUT2D eigenvalue weighted by Gasteiger charge is -2.20. The average molecular weight is 249 g/mol. The Morgan fingerprint density at radius 2 is 2.06 bits per heavy atom. The van der Waals surface area contributed by atoms with E-state index in [4.69, 9.17) is 10.9 Å². The highest BCUT2D eigenvalue weighted by atomic mass is 16.4. The summed E-state index contributed by atoms with van der Waals surface area (Å²) in [6.45, 7) is 3.00. The molecule has 0 radical (unpaired) electrons. The lowest BCUT2D eigenvalue weighted by molar-refractivity contribution is -0.130. The molecule has 0 spiro atoms. The highest BCUT2D eigenvalue weighted by Crippen LogP contribution is 2.03. The van der Waals surface area contributed by atoms with Crippen LogP contribution in [0.1, 0.15) is 18.9 Å². The second-order valence-corrected chi connectivity index (χ2v) is 3.98. The standard InChI is InChI=1S/C13H19N3O2/c1-2-16(9-8-12(14)15-18)13(17)10-11-6-4-3-5-7-11/h3-7,18H,2,8-10H2,1H3,(H2,14,15). The van der Waals surface area contributed by atoms with Gasteiger partial charge in [0.1, 0.15) is 5.84 Å². The minimum atomic E-state index is 0.0504. The Morgan fingerprint density at radius 3 is 2.61 bits per heavy atom. The summed E-state index contributed by atoms with van der Waals surface area (Å²) in [4.78, 5) is 13.7. The molecule has 0 bridgehead atoms. The molecule has 0 fully saturated rings. The van der Waals surface area contributed by atoms with Crippen molar-refractivity contribution in [2.45, 2.75) is 19.8 Å². The van der Waals surface area contributed by atoms with Crippen molar-refractivity contribution in [2.24, 2.45) is 10.9 Å². The van der Waals surface area contributed by atoms with E-state index in [2.05, 4.69) is 5.16 Å². The number of amidine groups is 1. The van der Waals surface area contributed by atoms with Gasteiger partial charge in [-0.1, -0.05) is 35.5 Å². The summed E-state index contributed by atoms with van der Waals surface area (Å²) in [5, 5.41) is 11.3. The highest BCUT2D eigenvalue weighted by molar-refractivity contribution is 5.82. The van der Waals surface area contributed by atoms with Crippen LogP contribution in [0, 0.1) is 0 Å². The van der Waals surface area contributed by atoms with Crippen molar-refractivity contribution in [1.29, 1.82) is 0 Å². The third-order valence-corrected chi connectivity index (χ3v) is 2.70. The van der Waals surface area contributed by atoms with Crippen molar-refractivity contribution in [3.63, 3.8) is 0 Å². The maximum atomic E-state index is 12.0. The van der Waals surface area contributed by atoms with Gasteiger partial charge in [-0.2, -0.15) is 0 Å². The predicted octanol–water partition coefficient (Wildman–Crippen LogP) is 1.21. The summed E-state index contributed by atoms with van der Waals surface area (Å²) in [6.07, 6.45) is 0.760. The van der Waals surface area contributed by atoms with Crippen molar-refractivity contribution in [1.82, 2.24) is 4.90 Å². The predicted molar refractivity (Wildman–Crippen MR) is 70.4 cm³/mol. The Morgan fingerprint density at radius 1 is 1.39 bits per heavy atom. The van der Waals surface area contributed by atoms with E-state index in [-0.39, 0.29) is 11.7 Å². The van der Waals surface area contributed by atoms with Crippen molar-refractivity contribution in [3.05, 3.63) is 35.9 Å². The van der Waals surface area contributed by atoms with E-state index in [9.17, 15) is 4.79 Å². The van der Waals surface area contributed by atoms with Crippen LogP contribution >= 0.6 is 0 Å². The second-order valence-electron chi connectivity index (χ2n) is 3.98. The molecule has 0 heterocycles. The molecule has 1 aromatic carbocycles. The van der Waals surface area contributed by atoms with Gasteiger partial charge in [0.25, 0.3) is 0 Å². The number of carbonyl (C=O) groups excluding carboxylic acids is 1. The molecule has 5 nitrogen and oxygen atoms in total. The van der Waals surface area contributed by atoms with Crippen LogP contribution in [0.4, 0.5) is 0 Å². The lowest BCUT2D eigenvalue weighted by atomic mass is 10.1. The molecule has 0 aromatic heterocycles. The zero-order valence-electron chi connectivity index (χ0n) is 10.5. The molecule has 18 heavy (non-hydrogen) atoms. The van der Waals surface area contributed by atoms with Gasteiger partial charge in [0.05, 0.1) is 6.42 Å². The molecule has 3 N–H and O–H groups in total. The molecule has 98 valence electrons. The number of likely N-dealkylation sites (N-methyl/N-ethyl adjacent to an activating group) is 1. The first-order chi connectivity index (χ1) is 8.67. The normalized spacial score (nSPS) is 11.3. The molecule has 0 aliphatic heterocycles. The fourth-order valence-corrected chi connectivity index (χ4v) is 1.64. The maximum Gasteiger partial charge on any atom is 0.226 e. The van der Waals surface area contributed by atoms with E-state index in [0.717, 1.165) is 5.56 Å². The quantitative estimate of drug-likeness (QED) is 0.344. The molecule has 0 aliphatic carbocycles. The molecule has 0 atom stereocenters.